The van der Waals surface area contributed by atoms with Crippen molar-refractivity contribution in [3.05, 3.63) is 28.7 Å². The largest absolute Gasteiger partial charge is 0.396 e. The third kappa shape index (κ3) is 3.29. The number of rotatable bonds is 5. The fourth-order valence-corrected chi connectivity index (χ4v) is 1.56. The van der Waals surface area contributed by atoms with Crippen LogP contribution in [0.15, 0.2) is 28.7 Å². The van der Waals surface area contributed by atoms with E-state index in [9.17, 15) is 0 Å². The van der Waals surface area contributed by atoms with Crippen molar-refractivity contribution >= 4 is 21.6 Å². The Kier molecular flexibility index (Phi) is 4.93. The predicted molar refractivity (Wildman–Crippen MR) is 60.3 cm³/mol. The summed E-state index contributed by atoms with van der Waals surface area (Å²) in [4.78, 5) is 0. The molecule has 0 fully saturated rings. The standard InChI is InChI=1S/C10H14BrNO2/c11-9-3-1-2-4-10(9)12-8(7-14)5-6-13/h1-4,8,12-14H,5-7H2. The lowest BCUT2D eigenvalue weighted by Crippen LogP contribution is -2.25. The van der Waals surface area contributed by atoms with Gasteiger partial charge in [-0.05, 0) is 34.5 Å². The Morgan fingerprint density at radius 1 is 1.29 bits per heavy atom. The van der Waals surface area contributed by atoms with Gasteiger partial charge < -0.3 is 15.5 Å². The Morgan fingerprint density at radius 2 is 2.00 bits per heavy atom. The summed E-state index contributed by atoms with van der Waals surface area (Å²) >= 11 is 3.40. The average Bonchev–Trinajstić information content (AvgIpc) is 2.20. The van der Waals surface area contributed by atoms with Gasteiger partial charge in [-0.3, -0.25) is 0 Å². The molecule has 1 atom stereocenters. The van der Waals surface area contributed by atoms with Crippen molar-refractivity contribution in [1.29, 1.82) is 0 Å². The van der Waals surface area contributed by atoms with Crippen LogP contribution in [0.1, 0.15) is 6.42 Å². The number of para-hydroxylation sites is 1. The van der Waals surface area contributed by atoms with Crippen LogP contribution >= 0.6 is 15.9 Å². The Morgan fingerprint density at radius 3 is 2.57 bits per heavy atom. The van der Waals surface area contributed by atoms with Gasteiger partial charge in [0.05, 0.1) is 12.6 Å². The summed E-state index contributed by atoms with van der Waals surface area (Å²) in [7, 11) is 0. The molecular formula is C10H14BrNO2. The normalized spacial score (nSPS) is 12.5. The number of anilines is 1. The monoisotopic (exact) mass is 259 g/mol. The fourth-order valence-electron chi connectivity index (χ4n) is 1.16. The van der Waals surface area contributed by atoms with E-state index >= 15 is 0 Å². The summed E-state index contributed by atoms with van der Waals surface area (Å²) in [6.45, 7) is 0.0879. The van der Waals surface area contributed by atoms with Crippen LogP contribution in [0.2, 0.25) is 0 Å². The highest BCUT2D eigenvalue weighted by molar-refractivity contribution is 9.10. The van der Waals surface area contributed by atoms with Gasteiger partial charge in [-0.25, -0.2) is 0 Å². The minimum absolute atomic E-state index is 0.0158. The van der Waals surface area contributed by atoms with E-state index in [0.29, 0.717) is 6.42 Å². The van der Waals surface area contributed by atoms with E-state index in [-0.39, 0.29) is 19.3 Å². The van der Waals surface area contributed by atoms with Crippen molar-refractivity contribution in [2.75, 3.05) is 18.5 Å². The summed E-state index contributed by atoms with van der Waals surface area (Å²) in [6.07, 6.45) is 0.540. The molecule has 1 aromatic rings. The van der Waals surface area contributed by atoms with E-state index in [1.165, 1.54) is 0 Å². The Labute approximate surface area is 91.9 Å². The predicted octanol–water partition coefficient (Wildman–Crippen LogP) is 1.60. The third-order valence-corrected chi connectivity index (χ3v) is 2.62. The molecule has 14 heavy (non-hydrogen) atoms. The van der Waals surface area contributed by atoms with Gasteiger partial charge in [-0.2, -0.15) is 0 Å². The molecule has 0 aliphatic heterocycles. The molecule has 0 saturated carbocycles. The number of aliphatic hydroxyl groups excluding tert-OH is 2. The van der Waals surface area contributed by atoms with Crippen LogP contribution in [0.25, 0.3) is 0 Å². The number of aliphatic hydroxyl groups is 2. The molecule has 78 valence electrons. The van der Waals surface area contributed by atoms with Crippen molar-refractivity contribution in [2.24, 2.45) is 0 Å². The minimum atomic E-state index is -0.0984. The molecule has 1 unspecified atom stereocenters. The first-order valence-corrected chi connectivity index (χ1v) is 5.30. The SMILES string of the molecule is OCCC(CO)Nc1ccccc1Br. The van der Waals surface area contributed by atoms with Gasteiger partial charge in [0.25, 0.3) is 0 Å². The summed E-state index contributed by atoms with van der Waals surface area (Å²) in [6, 6.07) is 7.59. The van der Waals surface area contributed by atoms with E-state index in [0.717, 1.165) is 10.2 Å². The van der Waals surface area contributed by atoms with Crippen molar-refractivity contribution < 1.29 is 10.2 Å². The summed E-state index contributed by atoms with van der Waals surface area (Å²) in [5.74, 6) is 0. The summed E-state index contributed by atoms with van der Waals surface area (Å²) in [5.41, 5.74) is 0.931. The lowest BCUT2D eigenvalue weighted by atomic mass is 10.2. The number of nitrogens with one attached hydrogen (secondary N) is 1. The van der Waals surface area contributed by atoms with Crippen LogP contribution in [0.3, 0.4) is 0 Å². The zero-order valence-corrected chi connectivity index (χ0v) is 9.37. The zero-order valence-electron chi connectivity index (χ0n) is 7.78. The fraction of sp³-hybridized carbons (Fsp3) is 0.400. The van der Waals surface area contributed by atoms with Gasteiger partial charge in [0.15, 0.2) is 0 Å². The van der Waals surface area contributed by atoms with E-state index in [1.807, 2.05) is 24.3 Å². The lowest BCUT2D eigenvalue weighted by molar-refractivity contribution is 0.229. The quantitative estimate of drug-likeness (QED) is 0.753. The number of halogens is 1. The topological polar surface area (TPSA) is 52.5 Å². The molecule has 0 heterocycles. The molecule has 0 amide bonds. The Balaban J connectivity index is 2.62. The zero-order chi connectivity index (χ0) is 10.4. The van der Waals surface area contributed by atoms with Gasteiger partial charge in [0.2, 0.25) is 0 Å². The maximum Gasteiger partial charge on any atom is 0.0633 e. The number of hydrogen-bond donors (Lipinski definition) is 3. The van der Waals surface area contributed by atoms with Crippen LogP contribution < -0.4 is 5.32 Å². The van der Waals surface area contributed by atoms with Crippen LogP contribution in [-0.4, -0.2) is 29.5 Å². The summed E-state index contributed by atoms with van der Waals surface area (Å²) in [5, 5.41) is 20.9. The minimum Gasteiger partial charge on any atom is -0.396 e. The Hall–Kier alpha value is -0.580. The van der Waals surface area contributed by atoms with Gasteiger partial charge in [0, 0.05) is 16.8 Å². The molecule has 0 aliphatic carbocycles. The van der Waals surface area contributed by atoms with Gasteiger partial charge in [-0.1, -0.05) is 12.1 Å². The highest BCUT2D eigenvalue weighted by Gasteiger charge is 2.07. The Bertz CT molecular complexity index is 281. The van der Waals surface area contributed by atoms with Crippen LogP contribution in [0.4, 0.5) is 5.69 Å². The third-order valence-electron chi connectivity index (χ3n) is 1.93. The second-order valence-electron chi connectivity index (χ2n) is 3.02. The van der Waals surface area contributed by atoms with E-state index in [4.69, 9.17) is 10.2 Å². The maximum absolute atomic E-state index is 9.02. The molecular weight excluding hydrogens is 246 g/mol. The van der Waals surface area contributed by atoms with Crippen molar-refractivity contribution in [2.45, 2.75) is 12.5 Å². The van der Waals surface area contributed by atoms with Crippen molar-refractivity contribution in [1.82, 2.24) is 0 Å². The van der Waals surface area contributed by atoms with Gasteiger partial charge in [0.1, 0.15) is 0 Å². The number of hydrogen-bond acceptors (Lipinski definition) is 3. The first kappa shape index (κ1) is 11.5. The van der Waals surface area contributed by atoms with Gasteiger partial charge in [-0.15, -0.1) is 0 Å². The van der Waals surface area contributed by atoms with Crippen molar-refractivity contribution in [3.8, 4) is 0 Å². The smallest absolute Gasteiger partial charge is 0.0633 e. The lowest BCUT2D eigenvalue weighted by Gasteiger charge is -2.17. The van der Waals surface area contributed by atoms with Crippen LogP contribution in [0, 0.1) is 0 Å². The molecule has 0 aromatic heterocycles. The van der Waals surface area contributed by atoms with Gasteiger partial charge >= 0.3 is 0 Å². The molecule has 0 aliphatic rings. The van der Waals surface area contributed by atoms with Crippen LogP contribution in [-0.2, 0) is 0 Å². The van der Waals surface area contributed by atoms with Crippen LogP contribution in [0.5, 0.6) is 0 Å². The molecule has 3 nitrogen and oxygen atoms in total. The first-order chi connectivity index (χ1) is 6.77. The second-order valence-corrected chi connectivity index (χ2v) is 3.87. The maximum atomic E-state index is 9.02. The average molecular weight is 260 g/mol. The molecule has 1 aromatic carbocycles. The molecule has 0 bridgehead atoms. The number of benzene rings is 1. The molecule has 4 heteroatoms. The van der Waals surface area contributed by atoms with E-state index in [2.05, 4.69) is 21.2 Å². The molecule has 3 N–H and O–H groups in total. The highest BCUT2D eigenvalue weighted by atomic mass is 79.9. The van der Waals surface area contributed by atoms with E-state index in [1.54, 1.807) is 0 Å². The molecule has 0 spiro atoms. The highest BCUT2D eigenvalue weighted by Crippen LogP contribution is 2.22. The molecule has 0 radical (unpaired) electrons. The van der Waals surface area contributed by atoms with E-state index < -0.39 is 0 Å². The summed E-state index contributed by atoms with van der Waals surface area (Å²) < 4.78 is 0.955. The molecule has 1 rings (SSSR count). The van der Waals surface area contributed by atoms with Crippen molar-refractivity contribution in [3.63, 3.8) is 0 Å². The first-order valence-electron chi connectivity index (χ1n) is 4.50. The second kappa shape index (κ2) is 6.01. The molecule has 0 saturated heterocycles.